The van der Waals surface area contributed by atoms with E-state index < -0.39 is 57.5 Å². The zero-order valence-electron chi connectivity index (χ0n) is 35.3. The van der Waals surface area contributed by atoms with E-state index in [0.29, 0.717) is 68.9 Å². The highest BCUT2D eigenvalue weighted by molar-refractivity contribution is 5.96. The molecule has 10 rings (SSSR count). The maximum atomic E-state index is 15.4. The Bertz CT molecular complexity index is 2400. The highest BCUT2D eigenvalue weighted by atomic mass is 16.6. The molecular formula is C46H54N4O10. The summed E-state index contributed by atoms with van der Waals surface area (Å²) in [6.07, 6.45) is 4.66. The van der Waals surface area contributed by atoms with E-state index in [0.717, 1.165) is 27.7 Å². The van der Waals surface area contributed by atoms with E-state index in [9.17, 15) is 19.5 Å². The molecule has 14 heteroatoms. The third-order valence-electron chi connectivity index (χ3n) is 16.0. The van der Waals surface area contributed by atoms with E-state index in [1.54, 1.807) is 7.11 Å². The Morgan fingerprint density at radius 2 is 1.77 bits per heavy atom. The molecule has 1 saturated carbocycles. The van der Waals surface area contributed by atoms with Gasteiger partial charge in [0.05, 0.1) is 27.4 Å². The number of likely N-dealkylation sites (N-methyl/N-ethyl adjacent to an activating group) is 1. The van der Waals surface area contributed by atoms with Crippen molar-refractivity contribution in [3.63, 3.8) is 0 Å². The van der Waals surface area contributed by atoms with Gasteiger partial charge < -0.3 is 43.6 Å². The number of aliphatic hydroxyl groups is 1. The molecule has 2 aromatic carbocycles. The molecule has 2 N–H and O–H groups in total. The van der Waals surface area contributed by atoms with Crippen molar-refractivity contribution in [3.05, 3.63) is 70.9 Å². The number of hydrogen-bond donors (Lipinski definition) is 2. The molecule has 60 heavy (non-hydrogen) atoms. The topological polar surface area (TPSA) is 163 Å². The molecule has 7 heterocycles. The number of rotatable bonds is 7. The van der Waals surface area contributed by atoms with E-state index in [1.807, 2.05) is 73.2 Å². The summed E-state index contributed by atoms with van der Waals surface area (Å²) < 4.78 is 30.3. The molecule has 3 saturated heterocycles. The Balaban J connectivity index is 1.28. The summed E-state index contributed by atoms with van der Waals surface area (Å²) in [5.74, 6) is -1.81. The number of hydrogen-bond acceptors (Lipinski definition) is 12. The van der Waals surface area contributed by atoms with Crippen LogP contribution in [0.4, 0.5) is 5.69 Å². The van der Waals surface area contributed by atoms with Crippen molar-refractivity contribution in [1.29, 1.82) is 0 Å². The largest absolute Gasteiger partial charge is 0.496 e. The molecule has 10 atom stereocenters. The number of aromatic nitrogens is 1. The molecule has 0 radical (unpaired) electrons. The lowest BCUT2D eigenvalue weighted by Crippen LogP contribution is -2.81. The minimum Gasteiger partial charge on any atom is -0.496 e. The van der Waals surface area contributed by atoms with E-state index in [2.05, 4.69) is 16.0 Å². The first-order valence-corrected chi connectivity index (χ1v) is 21.3. The third-order valence-corrected chi connectivity index (χ3v) is 16.0. The second kappa shape index (κ2) is 13.0. The van der Waals surface area contributed by atoms with Gasteiger partial charge in [0.2, 0.25) is 5.60 Å². The van der Waals surface area contributed by atoms with E-state index in [1.165, 1.54) is 21.1 Å². The minimum absolute atomic E-state index is 0.00401. The molecule has 1 aliphatic carbocycles. The summed E-state index contributed by atoms with van der Waals surface area (Å²) in [6.45, 7) is 7.43. The van der Waals surface area contributed by atoms with Gasteiger partial charge in [0.15, 0.2) is 11.7 Å². The van der Waals surface area contributed by atoms with Crippen molar-refractivity contribution in [2.24, 2.45) is 11.3 Å². The van der Waals surface area contributed by atoms with Crippen molar-refractivity contribution >= 4 is 40.4 Å². The van der Waals surface area contributed by atoms with Gasteiger partial charge >= 0.3 is 17.9 Å². The number of para-hydroxylation sites is 1. The van der Waals surface area contributed by atoms with Gasteiger partial charge in [-0.25, -0.2) is 4.79 Å². The zero-order valence-corrected chi connectivity index (χ0v) is 35.3. The second-order valence-electron chi connectivity index (χ2n) is 18.1. The van der Waals surface area contributed by atoms with E-state index in [-0.39, 0.29) is 30.4 Å². The minimum atomic E-state index is -2.32. The average Bonchev–Trinajstić information content (AvgIpc) is 3.59. The van der Waals surface area contributed by atoms with Crippen LogP contribution in [0.25, 0.3) is 10.9 Å². The fourth-order valence-corrected chi connectivity index (χ4v) is 13.7. The van der Waals surface area contributed by atoms with Crippen LogP contribution in [0, 0.1) is 11.3 Å². The van der Waals surface area contributed by atoms with Crippen LogP contribution in [-0.2, 0) is 55.4 Å². The summed E-state index contributed by atoms with van der Waals surface area (Å²) in [5.41, 5.74) is -2.09. The van der Waals surface area contributed by atoms with Crippen molar-refractivity contribution in [2.75, 3.05) is 59.5 Å². The quantitative estimate of drug-likeness (QED) is 0.155. The summed E-state index contributed by atoms with van der Waals surface area (Å²) in [5, 5.41) is 14.3. The molecule has 14 nitrogen and oxygen atoms in total. The monoisotopic (exact) mass is 822 g/mol. The van der Waals surface area contributed by atoms with Crippen molar-refractivity contribution in [3.8, 4) is 5.75 Å². The molecule has 2 bridgehead atoms. The molecular weight excluding hydrogens is 769 g/mol. The third kappa shape index (κ3) is 4.54. The number of H-pyrrole nitrogens is 1. The van der Waals surface area contributed by atoms with Gasteiger partial charge in [0.1, 0.15) is 17.3 Å². The predicted molar refractivity (Wildman–Crippen MR) is 219 cm³/mol. The molecule has 7 aliphatic rings. The van der Waals surface area contributed by atoms with Crippen LogP contribution in [0.3, 0.4) is 0 Å². The number of fused-ring (bicyclic) bond motifs is 8. The number of aromatic amines is 1. The molecule has 6 aliphatic heterocycles. The average molecular weight is 823 g/mol. The highest BCUT2D eigenvalue weighted by Gasteiger charge is 2.80. The second-order valence-corrected chi connectivity index (χ2v) is 18.1. The molecule has 1 spiro atoms. The number of benzene rings is 2. The summed E-state index contributed by atoms with van der Waals surface area (Å²) in [7, 11) is 6.09. The highest BCUT2D eigenvalue weighted by Crippen LogP contribution is 2.68. The summed E-state index contributed by atoms with van der Waals surface area (Å²) in [6, 6.07) is 10.7. The predicted octanol–water partition coefficient (Wildman–Crippen LogP) is 3.53. The van der Waals surface area contributed by atoms with Gasteiger partial charge in [0.25, 0.3) is 5.91 Å². The van der Waals surface area contributed by atoms with Gasteiger partial charge in [-0.05, 0) is 61.9 Å². The fourth-order valence-electron chi connectivity index (χ4n) is 13.7. The lowest BCUT2D eigenvalue weighted by atomic mass is 9.47. The number of nitrogens with zero attached hydrogens (tertiary/aromatic N) is 3. The van der Waals surface area contributed by atoms with Crippen LogP contribution in [0.15, 0.2) is 48.6 Å². The lowest BCUT2D eigenvalue weighted by Gasteiger charge is -2.63. The number of anilines is 1. The van der Waals surface area contributed by atoms with Crippen LogP contribution in [0.1, 0.15) is 68.8 Å². The SMILES string of the molecule is CCC12OC1C1CN(CCc3c([nH]c4ccccc34)C(C(=O)OC)(c3cc4c(cc3OC)N(C)C3C(O)(C(=O)OC)C(OC(C)=O)C5(CC)C=CCN6CCC43C65)C1)C2=O. The number of piperidine rings is 1. The van der Waals surface area contributed by atoms with Crippen LogP contribution in [0.2, 0.25) is 0 Å². The molecule has 1 amide bonds. The first-order chi connectivity index (χ1) is 28.8. The van der Waals surface area contributed by atoms with Crippen LogP contribution < -0.4 is 9.64 Å². The molecule has 3 aromatic rings. The number of carbonyl (C=O) groups excluding carboxylic acids is 4. The van der Waals surface area contributed by atoms with E-state index >= 15 is 4.79 Å². The lowest BCUT2D eigenvalue weighted by molar-refractivity contribution is -0.228. The Hall–Kier alpha value is -4.92. The number of epoxide rings is 1. The van der Waals surface area contributed by atoms with Crippen molar-refractivity contribution in [1.82, 2.24) is 14.8 Å². The number of esters is 3. The van der Waals surface area contributed by atoms with Gasteiger partial charge in [-0.1, -0.05) is 44.2 Å². The number of nitrogens with one attached hydrogen (secondary N) is 1. The van der Waals surface area contributed by atoms with Gasteiger partial charge in [-0.2, -0.15) is 0 Å². The van der Waals surface area contributed by atoms with Gasteiger partial charge in [0, 0.05) is 90.3 Å². The number of amides is 1. The fraction of sp³-hybridized carbons (Fsp3) is 0.565. The normalized spacial score (nSPS) is 37.1. The van der Waals surface area contributed by atoms with Crippen LogP contribution in [0.5, 0.6) is 5.75 Å². The van der Waals surface area contributed by atoms with Crippen molar-refractivity contribution < 1.29 is 48.0 Å². The maximum Gasteiger partial charge on any atom is 0.344 e. The molecule has 1 aromatic heterocycles. The Morgan fingerprint density at radius 1 is 1.00 bits per heavy atom. The molecule has 4 fully saturated rings. The van der Waals surface area contributed by atoms with Crippen LogP contribution >= 0.6 is 0 Å². The zero-order chi connectivity index (χ0) is 42.3. The maximum absolute atomic E-state index is 15.4. The number of carbonyl (C=O) groups is 4. The first-order valence-electron chi connectivity index (χ1n) is 21.3. The standard InChI is InChI=1S/C46H54N4O10/c1-8-42-16-12-18-49-20-17-43(36(42)49)29-21-30(33(56-5)22-32(29)48(4)37(43)46(55,41(54)58-7)38(42)59-25(3)51)44(40(53)57-6)23-26-24-50(39(52)45(9-2)35(26)60-45)19-15-28-27-13-10-11-14-31(27)47-34(28)44/h10-14,16,21-22,26,35-38,47,55H,8-9,15,17-20,23-24H2,1-7H3. The summed E-state index contributed by atoms with van der Waals surface area (Å²) >= 11 is 0. The van der Waals surface area contributed by atoms with Crippen molar-refractivity contribution in [2.45, 2.75) is 99.2 Å². The van der Waals surface area contributed by atoms with Gasteiger partial charge in [-0.15, -0.1) is 0 Å². The smallest absolute Gasteiger partial charge is 0.344 e. The molecule has 318 valence electrons. The Kier molecular flexibility index (Phi) is 8.53. The van der Waals surface area contributed by atoms with Crippen LogP contribution in [-0.4, -0.2) is 134 Å². The van der Waals surface area contributed by atoms with E-state index in [4.69, 9.17) is 23.7 Å². The summed E-state index contributed by atoms with van der Waals surface area (Å²) in [4.78, 5) is 66.8. The Labute approximate surface area is 349 Å². The Morgan fingerprint density at radius 3 is 2.47 bits per heavy atom. The number of ether oxygens (including phenoxy) is 5. The number of methoxy groups -OCH3 is 3. The van der Waals surface area contributed by atoms with Gasteiger partial charge in [-0.3, -0.25) is 19.3 Å². The molecule has 10 unspecified atom stereocenters. The first kappa shape index (κ1) is 39.2.